The summed E-state index contributed by atoms with van der Waals surface area (Å²) in [5.41, 5.74) is 0. The van der Waals surface area contributed by atoms with Crippen LogP contribution in [0.15, 0.2) is 0 Å². The second-order valence-electron chi connectivity index (χ2n) is 8.45. The van der Waals surface area contributed by atoms with Crippen LogP contribution in [0, 0.1) is 0 Å². The van der Waals surface area contributed by atoms with Crippen LogP contribution in [0.5, 0.6) is 0 Å². The first-order valence-electron chi connectivity index (χ1n) is 12.5. The predicted octanol–water partition coefficient (Wildman–Crippen LogP) is 4.15. The molecule has 0 rings (SSSR count). The Morgan fingerprint density at radius 2 is 0.600 bits per heavy atom. The molecule has 0 aliphatic rings. The first-order valence-corrected chi connectivity index (χ1v) is 23.7. The zero-order chi connectivity index (χ0) is 27.2. The number of hydrogen-bond donors (Lipinski definition) is 0. The average molecular weight is 595 g/mol. The van der Waals surface area contributed by atoms with Gasteiger partial charge < -0.3 is 47.4 Å². The van der Waals surface area contributed by atoms with E-state index in [1.165, 1.54) is 0 Å². The van der Waals surface area contributed by atoms with Crippen LogP contribution in [0.3, 0.4) is 0 Å². The lowest BCUT2D eigenvalue weighted by atomic mass is 10.9. The van der Waals surface area contributed by atoms with Crippen molar-refractivity contribution in [1.82, 2.24) is 0 Å². The van der Waals surface area contributed by atoms with E-state index in [-0.39, 0.29) is 26.4 Å². The van der Waals surface area contributed by atoms with Gasteiger partial charge in [0, 0.05) is 46.2 Å². The van der Waals surface area contributed by atoms with Gasteiger partial charge in [-0.05, 0) is 81.2 Å². The fourth-order valence-electron chi connectivity index (χ4n) is 3.18. The van der Waals surface area contributed by atoms with Crippen molar-refractivity contribution in [2.75, 3.05) is 46.2 Å². The molecule has 11 nitrogen and oxygen atoms in total. The molecule has 0 aromatic rings. The van der Waals surface area contributed by atoms with Gasteiger partial charge in [0.25, 0.3) is 0 Å². The van der Waals surface area contributed by atoms with Crippen LogP contribution in [0.4, 0.5) is 0 Å². The quantitative estimate of drug-likeness (QED) is 0.169. The van der Waals surface area contributed by atoms with E-state index in [1.807, 2.05) is 61.6 Å². The summed E-state index contributed by atoms with van der Waals surface area (Å²) in [7, 11) is -16.4. The lowest BCUT2D eigenvalue weighted by molar-refractivity contribution is -0.0684. The smallest absolute Gasteiger partial charge is 0.437 e. The first-order chi connectivity index (χ1) is 16.3. The molecule has 35 heavy (non-hydrogen) atoms. The zero-order valence-electron chi connectivity index (χ0n) is 23.9. The molecule has 0 fully saturated rings. The monoisotopic (exact) mass is 594 g/mol. The molecule has 0 spiro atoms. The van der Waals surface area contributed by atoms with Crippen molar-refractivity contribution in [2.24, 2.45) is 0 Å². The van der Waals surface area contributed by atoms with E-state index in [1.54, 1.807) is 0 Å². The number of rotatable bonds is 22. The molecular formula is C19H50O11Si5. The molecule has 0 amide bonds. The van der Waals surface area contributed by atoms with Gasteiger partial charge in [-0.2, -0.15) is 0 Å². The SMILES string of the molecule is CCO[Si](OCC)(OCC)O[Si](OCC)(OCC)O[Si](OCC)(OCC)O[Si](C)(C)O[Si](C)(C)C. The Bertz CT molecular complexity index is 537. The first kappa shape index (κ1) is 35.6. The molecule has 0 saturated carbocycles. The van der Waals surface area contributed by atoms with Crippen molar-refractivity contribution >= 4 is 44.0 Å². The van der Waals surface area contributed by atoms with Crippen LogP contribution in [-0.4, -0.2) is 90.3 Å². The fraction of sp³-hybridized carbons (Fsp3) is 1.00. The van der Waals surface area contributed by atoms with Gasteiger partial charge in [0.15, 0.2) is 8.32 Å². The second-order valence-corrected chi connectivity index (χ2v) is 23.8. The molecule has 212 valence electrons. The van der Waals surface area contributed by atoms with Gasteiger partial charge in [-0.3, -0.25) is 0 Å². The van der Waals surface area contributed by atoms with Crippen molar-refractivity contribution < 1.29 is 47.4 Å². The molecule has 0 heterocycles. The van der Waals surface area contributed by atoms with E-state index in [0.29, 0.717) is 19.8 Å². The Balaban J connectivity index is 6.60. The molecular weight excluding hydrogens is 545 g/mol. The standard InChI is InChI=1S/C19H50O11Si5/c1-13-20-33(21-14-2,22-15-3)29-35(25-18-6,26-19-7)30-34(23-16-4,24-17-5)28-32(11,12)27-31(8,9)10/h13-19H2,1-12H3. The van der Waals surface area contributed by atoms with Gasteiger partial charge in [-0.25, -0.2) is 0 Å². The van der Waals surface area contributed by atoms with Crippen molar-refractivity contribution in [1.29, 1.82) is 0 Å². The van der Waals surface area contributed by atoms with Crippen LogP contribution in [0.2, 0.25) is 32.7 Å². The highest BCUT2D eigenvalue weighted by molar-refractivity contribution is 6.85. The molecule has 0 saturated heterocycles. The molecule has 0 aliphatic carbocycles. The van der Waals surface area contributed by atoms with Gasteiger partial charge in [0.2, 0.25) is 0 Å². The van der Waals surface area contributed by atoms with E-state index in [4.69, 9.17) is 47.4 Å². The largest absolute Gasteiger partial charge is 0.673 e. The zero-order valence-corrected chi connectivity index (χ0v) is 28.9. The molecule has 0 radical (unpaired) electrons. The van der Waals surface area contributed by atoms with Crippen molar-refractivity contribution in [3.8, 4) is 0 Å². The van der Waals surface area contributed by atoms with Crippen LogP contribution >= 0.6 is 0 Å². The van der Waals surface area contributed by atoms with Crippen LogP contribution < -0.4 is 0 Å². The van der Waals surface area contributed by atoms with Crippen LogP contribution in [-0.2, 0) is 47.4 Å². The molecule has 0 aromatic heterocycles. The summed E-state index contributed by atoms with van der Waals surface area (Å²) in [4.78, 5) is 0. The van der Waals surface area contributed by atoms with Crippen molar-refractivity contribution in [2.45, 2.75) is 81.2 Å². The third-order valence-corrected chi connectivity index (χ3v) is 19.5. The normalized spacial score (nSPS) is 14.1. The van der Waals surface area contributed by atoms with Crippen molar-refractivity contribution in [3.63, 3.8) is 0 Å². The topological polar surface area (TPSA) is 102 Å². The summed E-state index contributed by atoms with van der Waals surface area (Å²) in [5.74, 6) is 0. The Labute approximate surface area is 218 Å². The van der Waals surface area contributed by atoms with Gasteiger partial charge in [0.1, 0.15) is 0 Å². The van der Waals surface area contributed by atoms with E-state index < -0.39 is 44.0 Å². The second kappa shape index (κ2) is 16.6. The van der Waals surface area contributed by atoms with Crippen molar-refractivity contribution in [3.05, 3.63) is 0 Å². The summed E-state index contributed by atoms with van der Waals surface area (Å²) in [6.45, 7) is 24.9. The van der Waals surface area contributed by atoms with Gasteiger partial charge in [-0.1, -0.05) is 0 Å². The lowest BCUT2D eigenvalue weighted by Gasteiger charge is -2.41. The summed E-state index contributed by atoms with van der Waals surface area (Å²) < 4.78 is 68.0. The van der Waals surface area contributed by atoms with Gasteiger partial charge in [0.05, 0.1) is 0 Å². The third kappa shape index (κ3) is 13.3. The Kier molecular flexibility index (Phi) is 16.9. The molecule has 0 aromatic carbocycles. The lowest BCUT2D eigenvalue weighted by Crippen LogP contribution is -2.69. The molecule has 0 N–H and O–H groups in total. The van der Waals surface area contributed by atoms with E-state index in [9.17, 15) is 0 Å². The Morgan fingerprint density at radius 3 is 0.886 bits per heavy atom. The minimum absolute atomic E-state index is 0.232. The summed E-state index contributed by atoms with van der Waals surface area (Å²) in [6, 6.07) is 0. The van der Waals surface area contributed by atoms with E-state index >= 15 is 0 Å². The molecule has 0 unspecified atom stereocenters. The minimum atomic E-state index is -4.06. The maximum Gasteiger partial charge on any atom is 0.673 e. The Hall–Kier alpha value is 0.644. The average Bonchev–Trinajstić information content (AvgIpc) is 2.66. The van der Waals surface area contributed by atoms with E-state index in [2.05, 4.69) is 19.6 Å². The summed E-state index contributed by atoms with van der Waals surface area (Å²) >= 11 is 0. The summed E-state index contributed by atoms with van der Waals surface area (Å²) in [5, 5.41) is 0. The van der Waals surface area contributed by atoms with Crippen LogP contribution in [0.25, 0.3) is 0 Å². The Morgan fingerprint density at radius 1 is 0.343 bits per heavy atom. The molecule has 0 atom stereocenters. The predicted molar refractivity (Wildman–Crippen MR) is 144 cm³/mol. The highest BCUT2D eigenvalue weighted by atomic mass is 28.5. The third-order valence-electron chi connectivity index (χ3n) is 3.67. The minimum Gasteiger partial charge on any atom is -0.437 e. The van der Waals surface area contributed by atoms with Gasteiger partial charge >= 0.3 is 35.7 Å². The van der Waals surface area contributed by atoms with Gasteiger partial charge in [-0.15, -0.1) is 0 Å². The maximum absolute atomic E-state index is 6.54. The summed E-state index contributed by atoms with van der Waals surface area (Å²) in [6.07, 6.45) is 0. The number of hydrogen-bond acceptors (Lipinski definition) is 11. The fourth-order valence-corrected chi connectivity index (χ4v) is 21.0. The molecule has 0 aliphatic heterocycles. The van der Waals surface area contributed by atoms with E-state index in [0.717, 1.165) is 0 Å². The van der Waals surface area contributed by atoms with Crippen LogP contribution in [0.1, 0.15) is 48.5 Å². The molecule has 16 heteroatoms. The molecule has 0 bridgehead atoms. The maximum atomic E-state index is 6.54. The highest BCUT2D eigenvalue weighted by Crippen LogP contribution is 2.30. The highest BCUT2D eigenvalue weighted by Gasteiger charge is 2.66.